The molecule has 0 saturated heterocycles. The van der Waals surface area contributed by atoms with Crippen LogP contribution < -0.4 is 15.4 Å². The summed E-state index contributed by atoms with van der Waals surface area (Å²) in [6, 6.07) is 17.1. The number of β-amino-alcohol motifs (C(OH)–C–C–N with tert-alkyl or cyclic N) is 1. The molecule has 2 aromatic carbocycles. The molecule has 5 heteroatoms. The van der Waals surface area contributed by atoms with E-state index < -0.39 is 6.10 Å². The highest BCUT2D eigenvalue weighted by atomic mass is 16.5. The van der Waals surface area contributed by atoms with E-state index in [0.29, 0.717) is 24.4 Å². The highest BCUT2D eigenvalue weighted by Gasteiger charge is 2.50. The molecule has 5 nitrogen and oxygen atoms in total. The first-order valence-corrected chi connectivity index (χ1v) is 12.1. The SMILES string of the molecule is O=C(NCc1ccccc1)c1ccccc1OCC(O)CNC12CC3CC(CC(C3)C1)C2. The largest absolute Gasteiger partial charge is 0.490 e. The van der Waals surface area contributed by atoms with E-state index in [1.165, 1.54) is 38.5 Å². The molecular weight excluding hydrogens is 400 g/mol. The molecule has 32 heavy (non-hydrogen) atoms. The second kappa shape index (κ2) is 9.24. The van der Waals surface area contributed by atoms with Gasteiger partial charge in [-0.3, -0.25) is 4.79 Å². The number of nitrogens with one attached hydrogen (secondary N) is 2. The molecule has 3 N–H and O–H groups in total. The summed E-state index contributed by atoms with van der Waals surface area (Å²) in [5.41, 5.74) is 1.76. The van der Waals surface area contributed by atoms with Crippen LogP contribution in [0.2, 0.25) is 0 Å². The monoisotopic (exact) mass is 434 g/mol. The second-order valence-corrected chi connectivity index (χ2v) is 10.2. The summed E-state index contributed by atoms with van der Waals surface area (Å²) in [5.74, 6) is 2.97. The normalized spacial score (nSPS) is 29.0. The summed E-state index contributed by atoms with van der Waals surface area (Å²) in [5, 5.41) is 17.3. The number of amides is 1. The van der Waals surface area contributed by atoms with E-state index in [4.69, 9.17) is 4.74 Å². The molecule has 4 aliphatic rings. The number of benzene rings is 2. The Morgan fingerprint density at radius 2 is 1.59 bits per heavy atom. The molecule has 1 atom stereocenters. The topological polar surface area (TPSA) is 70.6 Å². The lowest BCUT2D eigenvalue weighted by Gasteiger charge is -2.57. The van der Waals surface area contributed by atoms with Crippen LogP contribution in [0.25, 0.3) is 0 Å². The lowest BCUT2D eigenvalue weighted by Crippen LogP contribution is -2.59. The second-order valence-electron chi connectivity index (χ2n) is 10.2. The van der Waals surface area contributed by atoms with Crippen LogP contribution in [0.3, 0.4) is 0 Å². The fraction of sp³-hybridized carbons (Fsp3) is 0.519. The fourth-order valence-corrected chi connectivity index (χ4v) is 6.56. The van der Waals surface area contributed by atoms with E-state index in [0.717, 1.165) is 23.3 Å². The molecule has 0 heterocycles. The van der Waals surface area contributed by atoms with Gasteiger partial charge < -0.3 is 20.5 Å². The van der Waals surface area contributed by atoms with Crippen molar-refractivity contribution in [2.24, 2.45) is 17.8 Å². The van der Waals surface area contributed by atoms with Crippen molar-refractivity contribution in [2.45, 2.75) is 56.7 Å². The fourth-order valence-electron chi connectivity index (χ4n) is 6.56. The summed E-state index contributed by atoms with van der Waals surface area (Å²) in [6.07, 6.45) is 7.41. The van der Waals surface area contributed by atoms with Crippen molar-refractivity contribution in [1.82, 2.24) is 10.6 Å². The van der Waals surface area contributed by atoms with E-state index in [1.807, 2.05) is 42.5 Å². The predicted octanol–water partition coefficient (Wildman–Crippen LogP) is 3.91. The van der Waals surface area contributed by atoms with E-state index in [-0.39, 0.29) is 18.1 Å². The van der Waals surface area contributed by atoms with Gasteiger partial charge in [0.2, 0.25) is 0 Å². The van der Waals surface area contributed by atoms with Crippen LogP contribution in [-0.2, 0) is 6.54 Å². The van der Waals surface area contributed by atoms with E-state index in [2.05, 4.69) is 10.6 Å². The number of para-hydroxylation sites is 1. The maximum absolute atomic E-state index is 12.7. The first kappa shape index (κ1) is 21.5. The number of carbonyl (C=O) groups is 1. The lowest BCUT2D eigenvalue weighted by molar-refractivity contribution is -0.0266. The van der Waals surface area contributed by atoms with E-state index in [1.54, 1.807) is 12.1 Å². The molecule has 6 rings (SSSR count). The van der Waals surface area contributed by atoms with Crippen LogP contribution >= 0.6 is 0 Å². The van der Waals surface area contributed by atoms with Gasteiger partial charge in [0.05, 0.1) is 5.56 Å². The van der Waals surface area contributed by atoms with Crippen molar-refractivity contribution in [1.29, 1.82) is 0 Å². The molecule has 2 aromatic rings. The average Bonchev–Trinajstić information content (AvgIpc) is 2.80. The van der Waals surface area contributed by atoms with Crippen LogP contribution in [0.5, 0.6) is 5.75 Å². The molecule has 4 fully saturated rings. The number of aliphatic hydroxyl groups excluding tert-OH is 1. The van der Waals surface area contributed by atoms with Crippen molar-refractivity contribution in [3.63, 3.8) is 0 Å². The van der Waals surface area contributed by atoms with E-state index >= 15 is 0 Å². The van der Waals surface area contributed by atoms with Crippen LogP contribution in [0.15, 0.2) is 54.6 Å². The number of rotatable bonds is 9. The van der Waals surface area contributed by atoms with Crippen LogP contribution in [0.1, 0.15) is 54.4 Å². The lowest BCUT2D eigenvalue weighted by atomic mass is 9.53. The number of hydrogen-bond acceptors (Lipinski definition) is 4. The Kier molecular flexibility index (Phi) is 6.20. The third kappa shape index (κ3) is 4.84. The quantitative estimate of drug-likeness (QED) is 0.560. The molecule has 0 aliphatic heterocycles. The maximum atomic E-state index is 12.7. The molecule has 4 saturated carbocycles. The summed E-state index contributed by atoms with van der Waals surface area (Å²) in [4.78, 5) is 12.7. The zero-order chi connectivity index (χ0) is 22.0. The zero-order valence-electron chi connectivity index (χ0n) is 18.6. The summed E-state index contributed by atoms with van der Waals surface area (Å²) < 4.78 is 5.89. The Labute approximate surface area is 190 Å². The predicted molar refractivity (Wildman–Crippen MR) is 124 cm³/mol. The Bertz CT molecular complexity index is 894. The van der Waals surface area contributed by atoms with Gasteiger partial charge >= 0.3 is 0 Å². The van der Waals surface area contributed by atoms with Crippen molar-refractivity contribution >= 4 is 5.91 Å². The van der Waals surface area contributed by atoms with Gasteiger partial charge in [-0.1, -0.05) is 42.5 Å². The minimum atomic E-state index is -0.608. The van der Waals surface area contributed by atoms with Gasteiger partial charge in [-0.25, -0.2) is 0 Å². The number of aliphatic hydroxyl groups is 1. The molecule has 1 amide bonds. The highest BCUT2D eigenvalue weighted by molar-refractivity contribution is 5.96. The highest BCUT2D eigenvalue weighted by Crippen LogP contribution is 2.55. The molecule has 4 bridgehead atoms. The molecule has 170 valence electrons. The molecule has 0 spiro atoms. The van der Waals surface area contributed by atoms with Gasteiger partial charge in [-0.2, -0.15) is 0 Å². The molecular formula is C27H34N2O3. The third-order valence-electron chi connectivity index (χ3n) is 7.61. The minimum absolute atomic E-state index is 0.169. The maximum Gasteiger partial charge on any atom is 0.255 e. The first-order valence-electron chi connectivity index (χ1n) is 12.1. The third-order valence-corrected chi connectivity index (χ3v) is 7.61. The minimum Gasteiger partial charge on any atom is -0.490 e. The first-order chi connectivity index (χ1) is 15.6. The van der Waals surface area contributed by atoms with Crippen LogP contribution in [-0.4, -0.2) is 35.8 Å². The molecule has 1 unspecified atom stereocenters. The van der Waals surface area contributed by atoms with E-state index in [9.17, 15) is 9.90 Å². The van der Waals surface area contributed by atoms with Gasteiger partial charge in [0.15, 0.2) is 0 Å². The smallest absolute Gasteiger partial charge is 0.255 e. The van der Waals surface area contributed by atoms with Gasteiger partial charge in [0, 0.05) is 18.6 Å². The standard InChI is InChI=1S/C27H34N2O3/c30-23(17-29-27-13-20-10-21(14-27)12-22(11-20)15-27)18-32-25-9-5-4-8-24(25)26(31)28-16-19-6-2-1-3-7-19/h1-9,20-23,29-30H,10-18H2,(H,28,31). The van der Waals surface area contributed by atoms with Gasteiger partial charge in [-0.05, 0) is 74.0 Å². The Hall–Kier alpha value is -2.37. The van der Waals surface area contributed by atoms with Crippen molar-refractivity contribution < 1.29 is 14.6 Å². The molecule has 0 radical (unpaired) electrons. The molecule has 4 aliphatic carbocycles. The summed E-state index contributed by atoms with van der Waals surface area (Å²) in [7, 11) is 0. The van der Waals surface area contributed by atoms with Gasteiger partial charge in [0.25, 0.3) is 5.91 Å². The number of carbonyl (C=O) groups excluding carboxylic acids is 1. The average molecular weight is 435 g/mol. The number of ether oxygens (including phenoxy) is 1. The zero-order valence-corrected chi connectivity index (χ0v) is 18.6. The Morgan fingerprint density at radius 1 is 0.969 bits per heavy atom. The Balaban J connectivity index is 1.13. The van der Waals surface area contributed by atoms with Gasteiger partial charge in [0.1, 0.15) is 18.5 Å². The number of hydrogen-bond donors (Lipinski definition) is 3. The summed E-state index contributed by atoms with van der Waals surface area (Å²) >= 11 is 0. The van der Waals surface area contributed by atoms with Crippen LogP contribution in [0, 0.1) is 17.8 Å². The van der Waals surface area contributed by atoms with Crippen molar-refractivity contribution in [3.8, 4) is 5.75 Å². The van der Waals surface area contributed by atoms with Crippen molar-refractivity contribution in [2.75, 3.05) is 13.2 Å². The van der Waals surface area contributed by atoms with Crippen molar-refractivity contribution in [3.05, 3.63) is 65.7 Å². The summed E-state index contributed by atoms with van der Waals surface area (Å²) in [6.45, 7) is 1.17. The molecule has 0 aromatic heterocycles. The van der Waals surface area contributed by atoms with Gasteiger partial charge in [-0.15, -0.1) is 0 Å². The van der Waals surface area contributed by atoms with Crippen LogP contribution in [0.4, 0.5) is 0 Å². The Morgan fingerprint density at radius 3 is 2.28 bits per heavy atom.